The van der Waals surface area contributed by atoms with E-state index in [1.54, 1.807) is 6.20 Å². The van der Waals surface area contributed by atoms with Crippen molar-refractivity contribution in [1.82, 2.24) is 24.6 Å². The van der Waals surface area contributed by atoms with Gasteiger partial charge in [0.25, 0.3) is 5.56 Å². The van der Waals surface area contributed by atoms with Crippen LogP contribution in [0.5, 0.6) is 0 Å². The number of hydrogen-bond acceptors (Lipinski definition) is 4. The molecular weight excluding hydrogens is 388 g/mol. The third-order valence-corrected chi connectivity index (χ3v) is 6.63. The average molecular weight is 413 g/mol. The molecule has 1 aliphatic heterocycles. The van der Waals surface area contributed by atoms with Crippen LogP contribution in [0.15, 0.2) is 29.2 Å². The first-order valence-electron chi connectivity index (χ1n) is 10.6. The van der Waals surface area contributed by atoms with Gasteiger partial charge >= 0.3 is 0 Å². The SMILES string of the molecule is C[C@@H]1CN(Cc2c(F)cccc2F)C[C@H]1c1nc2c(cnn2C2CCCC2)c(=O)[nH]1. The van der Waals surface area contributed by atoms with Crippen molar-refractivity contribution in [1.29, 1.82) is 0 Å². The van der Waals surface area contributed by atoms with E-state index in [2.05, 4.69) is 17.0 Å². The Bertz CT molecular complexity index is 1110. The summed E-state index contributed by atoms with van der Waals surface area (Å²) in [7, 11) is 0. The topological polar surface area (TPSA) is 66.8 Å². The van der Waals surface area contributed by atoms with Crippen LogP contribution in [0.1, 0.15) is 56.0 Å². The van der Waals surface area contributed by atoms with Crippen LogP contribution in [-0.4, -0.2) is 37.7 Å². The van der Waals surface area contributed by atoms with Gasteiger partial charge in [-0.05, 0) is 30.9 Å². The predicted octanol–water partition coefficient (Wildman–Crippen LogP) is 3.75. The van der Waals surface area contributed by atoms with Crippen LogP contribution >= 0.6 is 0 Å². The number of nitrogens with one attached hydrogen (secondary N) is 1. The number of likely N-dealkylation sites (tertiary alicyclic amines) is 1. The molecule has 3 heterocycles. The Balaban J connectivity index is 1.43. The summed E-state index contributed by atoms with van der Waals surface area (Å²) < 4.78 is 30.0. The van der Waals surface area contributed by atoms with Gasteiger partial charge in [0.15, 0.2) is 5.65 Å². The van der Waals surface area contributed by atoms with E-state index >= 15 is 0 Å². The zero-order valence-corrected chi connectivity index (χ0v) is 16.9. The third kappa shape index (κ3) is 3.33. The fraction of sp³-hybridized carbons (Fsp3) is 0.500. The smallest absolute Gasteiger partial charge is 0.262 e. The average Bonchev–Trinajstić information content (AvgIpc) is 3.44. The lowest BCUT2D eigenvalue weighted by Crippen LogP contribution is -2.22. The summed E-state index contributed by atoms with van der Waals surface area (Å²) >= 11 is 0. The molecule has 1 saturated carbocycles. The first-order valence-corrected chi connectivity index (χ1v) is 10.6. The molecule has 30 heavy (non-hydrogen) atoms. The number of fused-ring (bicyclic) bond motifs is 1. The molecule has 0 amide bonds. The first kappa shape index (κ1) is 19.4. The number of aromatic nitrogens is 4. The Labute approximate surface area is 172 Å². The molecule has 2 aromatic heterocycles. The zero-order chi connectivity index (χ0) is 20.8. The van der Waals surface area contributed by atoms with Crippen molar-refractivity contribution in [2.75, 3.05) is 13.1 Å². The maximum Gasteiger partial charge on any atom is 0.262 e. The summed E-state index contributed by atoms with van der Waals surface area (Å²) in [5.41, 5.74) is 0.554. The Morgan fingerprint density at radius 1 is 1.17 bits per heavy atom. The van der Waals surface area contributed by atoms with E-state index in [0.29, 0.717) is 36.0 Å². The van der Waals surface area contributed by atoms with E-state index in [4.69, 9.17) is 4.98 Å². The molecule has 2 aliphatic rings. The number of H-pyrrole nitrogens is 1. The Kier molecular flexibility index (Phi) is 4.89. The lowest BCUT2D eigenvalue weighted by atomic mass is 9.97. The lowest BCUT2D eigenvalue weighted by Gasteiger charge is -2.17. The van der Waals surface area contributed by atoms with E-state index in [9.17, 15) is 13.6 Å². The van der Waals surface area contributed by atoms with Crippen molar-refractivity contribution < 1.29 is 8.78 Å². The van der Waals surface area contributed by atoms with Crippen LogP contribution < -0.4 is 5.56 Å². The summed E-state index contributed by atoms with van der Waals surface area (Å²) in [6.07, 6.45) is 6.06. The van der Waals surface area contributed by atoms with Crippen LogP contribution in [-0.2, 0) is 6.54 Å². The molecule has 6 nitrogen and oxygen atoms in total. The number of hydrogen-bond donors (Lipinski definition) is 1. The molecule has 8 heteroatoms. The Morgan fingerprint density at radius 3 is 2.63 bits per heavy atom. The van der Waals surface area contributed by atoms with Crippen molar-refractivity contribution >= 4 is 11.0 Å². The van der Waals surface area contributed by atoms with Gasteiger partial charge in [-0.15, -0.1) is 0 Å². The maximum absolute atomic E-state index is 14.1. The summed E-state index contributed by atoms with van der Waals surface area (Å²) in [5, 5.41) is 4.97. The van der Waals surface area contributed by atoms with Gasteiger partial charge in [-0.1, -0.05) is 25.8 Å². The molecule has 1 N–H and O–H groups in total. The molecule has 2 fully saturated rings. The Morgan fingerprint density at radius 2 is 1.90 bits per heavy atom. The van der Waals surface area contributed by atoms with Crippen LogP contribution in [0.4, 0.5) is 8.78 Å². The van der Waals surface area contributed by atoms with Crippen LogP contribution in [0.25, 0.3) is 11.0 Å². The molecule has 3 aromatic rings. The molecule has 5 rings (SSSR count). The monoisotopic (exact) mass is 413 g/mol. The van der Waals surface area contributed by atoms with Crippen molar-refractivity contribution in [2.45, 2.75) is 51.1 Å². The van der Waals surface area contributed by atoms with Gasteiger partial charge in [0.1, 0.15) is 22.8 Å². The second-order valence-electron chi connectivity index (χ2n) is 8.69. The molecule has 0 unspecified atom stereocenters. The highest BCUT2D eigenvalue weighted by Crippen LogP contribution is 2.34. The maximum atomic E-state index is 14.1. The number of nitrogens with zero attached hydrogens (tertiary/aromatic N) is 4. The van der Waals surface area contributed by atoms with Gasteiger partial charge in [0.05, 0.1) is 12.2 Å². The highest BCUT2D eigenvalue weighted by atomic mass is 19.1. The van der Waals surface area contributed by atoms with E-state index in [-0.39, 0.29) is 29.5 Å². The van der Waals surface area contributed by atoms with Crippen LogP contribution in [0, 0.1) is 17.6 Å². The Hall–Kier alpha value is -2.61. The van der Waals surface area contributed by atoms with Gasteiger partial charge in [-0.25, -0.2) is 18.4 Å². The molecule has 1 saturated heterocycles. The molecule has 0 bridgehead atoms. The largest absolute Gasteiger partial charge is 0.310 e. The van der Waals surface area contributed by atoms with Gasteiger partial charge in [0.2, 0.25) is 0 Å². The normalized spacial score (nSPS) is 23.0. The standard InChI is InChI=1S/C22H25F2N5O/c1-13-10-28(12-17-18(23)7-4-8-19(17)24)11-16(13)20-26-21-15(22(30)27-20)9-25-29(21)14-5-2-3-6-14/h4,7-9,13-14,16H,2-3,5-6,10-12H2,1H3,(H,26,27,30)/t13-,16-/m1/s1. The van der Waals surface area contributed by atoms with E-state index in [0.717, 1.165) is 12.8 Å². The molecule has 0 spiro atoms. The molecule has 1 aromatic carbocycles. The van der Waals surface area contributed by atoms with Crippen molar-refractivity contribution in [2.24, 2.45) is 5.92 Å². The highest BCUT2D eigenvalue weighted by molar-refractivity contribution is 5.73. The van der Waals surface area contributed by atoms with Crippen molar-refractivity contribution in [3.05, 3.63) is 57.8 Å². The van der Waals surface area contributed by atoms with Gasteiger partial charge in [-0.2, -0.15) is 5.10 Å². The molecule has 0 radical (unpaired) electrons. The van der Waals surface area contributed by atoms with E-state index < -0.39 is 11.6 Å². The minimum absolute atomic E-state index is 0.0103. The second-order valence-corrected chi connectivity index (χ2v) is 8.69. The van der Waals surface area contributed by atoms with Crippen LogP contribution in [0.2, 0.25) is 0 Å². The minimum atomic E-state index is -0.528. The molecule has 1 aliphatic carbocycles. The summed E-state index contributed by atoms with van der Waals surface area (Å²) in [6.45, 7) is 3.55. The third-order valence-electron chi connectivity index (χ3n) is 6.63. The minimum Gasteiger partial charge on any atom is -0.310 e. The van der Waals surface area contributed by atoms with E-state index in [1.807, 2.05) is 9.58 Å². The number of halogens is 2. The fourth-order valence-electron chi connectivity index (χ4n) is 5.00. The molecule has 158 valence electrons. The molecular formula is C22H25F2N5O. The number of benzene rings is 1. The van der Waals surface area contributed by atoms with Crippen molar-refractivity contribution in [3.8, 4) is 0 Å². The first-order chi connectivity index (χ1) is 14.5. The van der Waals surface area contributed by atoms with Gasteiger partial charge in [-0.3, -0.25) is 9.69 Å². The van der Waals surface area contributed by atoms with Gasteiger partial charge < -0.3 is 4.98 Å². The molecule has 2 atom stereocenters. The zero-order valence-electron chi connectivity index (χ0n) is 16.9. The number of rotatable bonds is 4. The lowest BCUT2D eigenvalue weighted by molar-refractivity contribution is 0.306. The summed E-state index contributed by atoms with van der Waals surface area (Å²) in [5.74, 6) is -0.234. The number of aromatic amines is 1. The summed E-state index contributed by atoms with van der Waals surface area (Å²) in [6, 6.07) is 4.24. The van der Waals surface area contributed by atoms with Crippen LogP contribution in [0.3, 0.4) is 0 Å². The summed E-state index contributed by atoms with van der Waals surface area (Å²) in [4.78, 5) is 22.5. The second kappa shape index (κ2) is 7.58. The fourth-order valence-corrected chi connectivity index (χ4v) is 5.00. The van der Waals surface area contributed by atoms with Gasteiger partial charge in [0, 0.05) is 31.1 Å². The highest BCUT2D eigenvalue weighted by Gasteiger charge is 2.34. The quantitative estimate of drug-likeness (QED) is 0.708. The van der Waals surface area contributed by atoms with E-state index in [1.165, 1.54) is 31.0 Å². The predicted molar refractivity (Wildman–Crippen MR) is 109 cm³/mol. The van der Waals surface area contributed by atoms with Crippen molar-refractivity contribution in [3.63, 3.8) is 0 Å².